The first-order chi connectivity index (χ1) is 15.1. The molecule has 0 atom stereocenters. The van der Waals surface area contributed by atoms with Crippen molar-refractivity contribution in [1.29, 1.82) is 0 Å². The number of esters is 1. The van der Waals surface area contributed by atoms with Crippen LogP contribution in [0.4, 0.5) is 0 Å². The number of guanidine groups is 1. The van der Waals surface area contributed by atoms with Crippen LogP contribution in [0.15, 0.2) is 23.2 Å². The number of carbonyl (C=O) groups is 1. The molecule has 2 N–H and O–H groups in total. The number of rotatable bonds is 8. The Balaban J connectivity index is 1.54. The molecular formula is C24H37N3O4. The molecule has 0 amide bonds. The van der Waals surface area contributed by atoms with Gasteiger partial charge in [0.1, 0.15) is 0 Å². The van der Waals surface area contributed by atoms with Gasteiger partial charge >= 0.3 is 5.97 Å². The molecule has 31 heavy (non-hydrogen) atoms. The van der Waals surface area contributed by atoms with Crippen molar-refractivity contribution in [3.63, 3.8) is 0 Å². The van der Waals surface area contributed by atoms with Gasteiger partial charge in [-0.05, 0) is 64.4 Å². The van der Waals surface area contributed by atoms with E-state index in [1.54, 1.807) is 14.2 Å². The number of benzene rings is 1. The molecular weight excluding hydrogens is 394 g/mol. The summed E-state index contributed by atoms with van der Waals surface area (Å²) in [6, 6.07) is 6.31. The zero-order valence-electron chi connectivity index (χ0n) is 19.1. The Morgan fingerprint density at radius 1 is 1.13 bits per heavy atom. The second kappa shape index (κ2) is 11.8. The van der Waals surface area contributed by atoms with Crippen molar-refractivity contribution in [3.8, 4) is 11.5 Å². The lowest BCUT2D eigenvalue weighted by atomic mass is 9.86. The number of methoxy groups -OCH3 is 1. The van der Waals surface area contributed by atoms with E-state index in [1.165, 1.54) is 12.8 Å². The topological polar surface area (TPSA) is 81.2 Å². The van der Waals surface area contributed by atoms with Crippen molar-refractivity contribution in [1.82, 2.24) is 10.6 Å². The number of para-hydroxylation sites is 1. The first-order valence-electron chi connectivity index (χ1n) is 11.6. The summed E-state index contributed by atoms with van der Waals surface area (Å²) < 4.78 is 17.1. The summed E-state index contributed by atoms with van der Waals surface area (Å²) in [5, 5.41) is 6.92. The van der Waals surface area contributed by atoms with Gasteiger partial charge in [0, 0.05) is 25.2 Å². The highest BCUT2D eigenvalue weighted by atomic mass is 16.5. The van der Waals surface area contributed by atoms with E-state index in [1.807, 2.05) is 19.1 Å². The largest absolute Gasteiger partial charge is 0.493 e. The summed E-state index contributed by atoms with van der Waals surface area (Å²) in [5.41, 5.74) is 1.06. The molecule has 0 radical (unpaired) electrons. The van der Waals surface area contributed by atoms with Crippen LogP contribution >= 0.6 is 0 Å². The fourth-order valence-electron chi connectivity index (χ4n) is 4.47. The maximum absolute atomic E-state index is 11.9. The Labute approximate surface area is 185 Å². The molecule has 0 bridgehead atoms. The summed E-state index contributed by atoms with van der Waals surface area (Å²) in [6.07, 6.45) is 8.47. The Morgan fingerprint density at radius 2 is 1.87 bits per heavy atom. The van der Waals surface area contributed by atoms with Crippen molar-refractivity contribution >= 4 is 11.9 Å². The van der Waals surface area contributed by atoms with Crippen molar-refractivity contribution in [3.05, 3.63) is 23.8 Å². The van der Waals surface area contributed by atoms with E-state index >= 15 is 0 Å². The number of aliphatic imine (C=N–C) groups is 1. The van der Waals surface area contributed by atoms with Gasteiger partial charge in [0.2, 0.25) is 0 Å². The van der Waals surface area contributed by atoms with Crippen molar-refractivity contribution in [2.24, 2.45) is 10.9 Å². The van der Waals surface area contributed by atoms with Gasteiger partial charge in [-0.15, -0.1) is 0 Å². The van der Waals surface area contributed by atoms with Gasteiger partial charge in [-0.25, -0.2) is 0 Å². The lowest BCUT2D eigenvalue weighted by molar-refractivity contribution is -0.149. The fraction of sp³-hybridized carbons (Fsp3) is 0.667. The lowest BCUT2D eigenvalue weighted by Crippen LogP contribution is -2.45. The van der Waals surface area contributed by atoms with Gasteiger partial charge in [-0.1, -0.05) is 12.1 Å². The third kappa shape index (κ3) is 6.52. The van der Waals surface area contributed by atoms with Gasteiger partial charge < -0.3 is 24.8 Å². The van der Waals surface area contributed by atoms with Crippen LogP contribution in [0.2, 0.25) is 0 Å². The predicted octanol–water partition coefficient (Wildman–Crippen LogP) is 3.80. The molecule has 7 heteroatoms. The number of ether oxygens (including phenoxy) is 3. The third-order valence-corrected chi connectivity index (χ3v) is 6.22. The molecule has 0 aliphatic heterocycles. The Kier molecular flexibility index (Phi) is 8.85. The van der Waals surface area contributed by atoms with Crippen molar-refractivity contribution in [2.45, 2.75) is 77.0 Å². The Bertz CT molecular complexity index is 738. The zero-order chi connectivity index (χ0) is 22.1. The van der Waals surface area contributed by atoms with E-state index in [4.69, 9.17) is 14.2 Å². The zero-order valence-corrected chi connectivity index (χ0v) is 19.1. The fourth-order valence-corrected chi connectivity index (χ4v) is 4.47. The monoisotopic (exact) mass is 431 g/mol. The minimum absolute atomic E-state index is 0.0278. The lowest BCUT2D eigenvalue weighted by Gasteiger charge is -2.29. The first-order valence-corrected chi connectivity index (χ1v) is 11.6. The van der Waals surface area contributed by atoms with Crippen molar-refractivity contribution < 1.29 is 19.0 Å². The van der Waals surface area contributed by atoms with Gasteiger partial charge in [-0.2, -0.15) is 0 Å². The second-order valence-corrected chi connectivity index (χ2v) is 8.34. The number of nitrogens with one attached hydrogen (secondary N) is 2. The molecule has 0 saturated heterocycles. The van der Waals surface area contributed by atoms with E-state index in [0.29, 0.717) is 19.2 Å². The molecule has 2 saturated carbocycles. The van der Waals surface area contributed by atoms with E-state index in [2.05, 4.69) is 21.7 Å². The maximum Gasteiger partial charge on any atom is 0.308 e. The standard InChI is InChI=1S/C24H37N3O4/c1-4-30-23(28)17-12-14-19(15-13-17)27-24(25-2)26-16-18-8-7-11-21(29-3)22(18)31-20-9-5-6-10-20/h7-8,11,17,19-20H,4-6,9-10,12-16H2,1-3H3,(H2,25,26,27). The van der Waals surface area contributed by atoms with Gasteiger partial charge in [0.25, 0.3) is 0 Å². The molecule has 0 heterocycles. The van der Waals surface area contributed by atoms with E-state index in [0.717, 1.165) is 61.5 Å². The van der Waals surface area contributed by atoms with Crippen LogP contribution in [0.5, 0.6) is 11.5 Å². The number of carbonyl (C=O) groups excluding carboxylic acids is 1. The summed E-state index contributed by atoms with van der Waals surface area (Å²) in [7, 11) is 3.46. The average Bonchev–Trinajstić information content (AvgIpc) is 3.31. The first kappa shape index (κ1) is 23.2. The molecule has 2 aliphatic carbocycles. The van der Waals surface area contributed by atoms with Crippen LogP contribution in [0.3, 0.4) is 0 Å². The average molecular weight is 432 g/mol. The highest BCUT2D eigenvalue weighted by Crippen LogP contribution is 2.34. The quantitative estimate of drug-likeness (QED) is 0.370. The minimum atomic E-state index is -0.0590. The van der Waals surface area contributed by atoms with Crippen LogP contribution in [0, 0.1) is 5.92 Å². The molecule has 7 nitrogen and oxygen atoms in total. The van der Waals surface area contributed by atoms with Crippen LogP contribution in [-0.4, -0.2) is 44.8 Å². The molecule has 3 rings (SSSR count). The molecule has 0 spiro atoms. The molecule has 0 unspecified atom stereocenters. The molecule has 2 aliphatic rings. The Hall–Kier alpha value is -2.44. The van der Waals surface area contributed by atoms with Crippen LogP contribution < -0.4 is 20.1 Å². The minimum Gasteiger partial charge on any atom is -0.493 e. The number of nitrogens with zero attached hydrogens (tertiary/aromatic N) is 1. The molecule has 172 valence electrons. The Morgan fingerprint density at radius 3 is 2.52 bits per heavy atom. The van der Waals surface area contributed by atoms with Crippen LogP contribution in [0.1, 0.15) is 63.9 Å². The molecule has 0 aromatic heterocycles. The van der Waals surface area contributed by atoms with Crippen LogP contribution in [0.25, 0.3) is 0 Å². The highest BCUT2D eigenvalue weighted by molar-refractivity contribution is 5.80. The predicted molar refractivity (Wildman–Crippen MR) is 122 cm³/mol. The van der Waals surface area contributed by atoms with E-state index in [-0.39, 0.29) is 18.0 Å². The summed E-state index contributed by atoms with van der Waals surface area (Å²) in [5.74, 6) is 2.33. The van der Waals surface area contributed by atoms with E-state index in [9.17, 15) is 4.79 Å². The highest BCUT2D eigenvalue weighted by Gasteiger charge is 2.27. The third-order valence-electron chi connectivity index (χ3n) is 6.22. The molecule has 1 aromatic rings. The summed E-state index contributed by atoms with van der Waals surface area (Å²) in [4.78, 5) is 16.3. The van der Waals surface area contributed by atoms with Gasteiger partial charge in [-0.3, -0.25) is 9.79 Å². The SMILES string of the molecule is CCOC(=O)C1CCC(NC(=NC)NCc2cccc(OC)c2OC2CCCC2)CC1. The number of hydrogen-bond acceptors (Lipinski definition) is 5. The second-order valence-electron chi connectivity index (χ2n) is 8.34. The molecule has 1 aromatic carbocycles. The normalized spacial score (nSPS) is 22.1. The summed E-state index contributed by atoms with van der Waals surface area (Å²) >= 11 is 0. The summed E-state index contributed by atoms with van der Waals surface area (Å²) in [6.45, 7) is 2.90. The molecule has 2 fully saturated rings. The van der Waals surface area contributed by atoms with Crippen molar-refractivity contribution in [2.75, 3.05) is 20.8 Å². The van der Waals surface area contributed by atoms with Gasteiger partial charge in [0.15, 0.2) is 17.5 Å². The number of hydrogen-bond donors (Lipinski definition) is 2. The van der Waals surface area contributed by atoms with Crippen LogP contribution in [-0.2, 0) is 16.1 Å². The smallest absolute Gasteiger partial charge is 0.308 e. The van der Waals surface area contributed by atoms with Gasteiger partial charge in [0.05, 0.1) is 25.7 Å². The van der Waals surface area contributed by atoms with E-state index < -0.39 is 0 Å². The maximum atomic E-state index is 11.9.